The number of carboxylic acids is 1. The lowest BCUT2D eigenvalue weighted by Gasteiger charge is -2.04. The Bertz CT molecular complexity index is 650. The number of halogens is 2. The largest absolute Gasteiger partial charge is 0.478 e. The minimum Gasteiger partial charge on any atom is -0.478 e. The minimum absolute atomic E-state index is 0.0201. The van der Waals surface area contributed by atoms with E-state index in [-0.39, 0.29) is 5.56 Å². The molecule has 0 aliphatic carbocycles. The zero-order valence-corrected chi connectivity index (χ0v) is 10.7. The molecule has 6 heteroatoms. The van der Waals surface area contributed by atoms with E-state index in [1.807, 2.05) is 22.6 Å². The van der Waals surface area contributed by atoms with Crippen molar-refractivity contribution < 1.29 is 9.90 Å². The zero-order chi connectivity index (χ0) is 11.9. The quantitative estimate of drug-likeness (QED) is 0.777. The predicted octanol–water partition coefficient (Wildman–Crippen LogP) is 2.48. The Morgan fingerprint density at radius 1 is 1.38 bits per heavy atom. The second-order valence-electron chi connectivity index (χ2n) is 3.16. The van der Waals surface area contributed by atoms with E-state index >= 15 is 0 Å². The number of aromatic carboxylic acids is 1. The number of carboxylic acid groups (broad SMARTS) is 1. The Balaban J connectivity index is 2.96. The highest BCUT2D eigenvalue weighted by molar-refractivity contribution is 14.1. The average molecular weight is 350 g/mol. The number of benzene rings is 1. The van der Waals surface area contributed by atoms with E-state index < -0.39 is 11.5 Å². The maximum atomic E-state index is 11.2. The molecular formula is C10H5ClINO3. The molecule has 0 atom stereocenters. The van der Waals surface area contributed by atoms with Gasteiger partial charge in [0.25, 0.3) is 0 Å². The molecule has 0 aliphatic heterocycles. The summed E-state index contributed by atoms with van der Waals surface area (Å²) in [6, 6.07) is 4.25. The summed E-state index contributed by atoms with van der Waals surface area (Å²) in [4.78, 5) is 24.8. The molecule has 0 bridgehead atoms. The van der Waals surface area contributed by atoms with Crippen LogP contribution in [-0.2, 0) is 0 Å². The summed E-state index contributed by atoms with van der Waals surface area (Å²) in [5, 5.41) is 9.93. The predicted molar refractivity (Wildman–Crippen MR) is 69.3 cm³/mol. The van der Waals surface area contributed by atoms with Gasteiger partial charge in [-0.1, -0.05) is 11.6 Å². The Hall–Kier alpha value is -1.08. The molecule has 0 fully saturated rings. The highest BCUT2D eigenvalue weighted by Crippen LogP contribution is 2.25. The summed E-state index contributed by atoms with van der Waals surface area (Å²) < 4.78 is 0.737. The molecule has 1 heterocycles. The van der Waals surface area contributed by atoms with E-state index in [1.165, 1.54) is 0 Å². The van der Waals surface area contributed by atoms with Gasteiger partial charge in [-0.2, -0.15) is 0 Å². The standard InChI is InChI=1S/C10H5ClINO3/c11-6-3-8-4(1-7(6)12)5(10(15)16)2-9(14)13-8/h1-3H,(H,13,14)(H,15,16). The SMILES string of the molecule is O=C(O)c1cc(=O)[nH]c2cc(Cl)c(I)cc12. The highest BCUT2D eigenvalue weighted by Gasteiger charge is 2.11. The molecule has 0 aliphatic rings. The van der Waals surface area contributed by atoms with Crippen LogP contribution in [0.2, 0.25) is 5.02 Å². The number of hydrogen-bond acceptors (Lipinski definition) is 2. The molecule has 2 N–H and O–H groups in total. The number of H-pyrrole nitrogens is 1. The van der Waals surface area contributed by atoms with Crippen LogP contribution in [0.25, 0.3) is 10.9 Å². The van der Waals surface area contributed by atoms with Crippen molar-refractivity contribution in [1.82, 2.24) is 4.98 Å². The fourth-order valence-electron chi connectivity index (χ4n) is 1.43. The lowest BCUT2D eigenvalue weighted by atomic mass is 10.1. The molecule has 0 saturated heterocycles. The molecule has 0 spiro atoms. The number of aromatic nitrogens is 1. The molecule has 4 nitrogen and oxygen atoms in total. The Labute approximate surface area is 108 Å². The van der Waals surface area contributed by atoms with Crippen molar-refractivity contribution in [3.8, 4) is 0 Å². The first-order chi connectivity index (χ1) is 7.49. The number of pyridine rings is 1. The lowest BCUT2D eigenvalue weighted by Crippen LogP contribution is -2.10. The summed E-state index contributed by atoms with van der Waals surface area (Å²) >= 11 is 7.90. The normalized spacial score (nSPS) is 10.6. The minimum atomic E-state index is -1.13. The summed E-state index contributed by atoms with van der Waals surface area (Å²) in [7, 11) is 0. The second kappa shape index (κ2) is 4.06. The van der Waals surface area contributed by atoms with Gasteiger partial charge in [0.05, 0.1) is 16.1 Å². The molecular weight excluding hydrogens is 344 g/mol. The van der Waals surface area contributed by atoms with Gasteiger partial charge in [-0.05, 0) is 34.7 Å². The summed E-state index contributed by atoms with van der Waals surface area (Å²) in [6.45, 7) is 0. The first kappa shape index (κ1) is 11.4. The van der Waals surface area contributed by atoms with E-state index in [4.69, 9.17) is 16.7 Å². The molecule has 0 radical (unpaired) electrons. The van der Waals surface area contributed by atoms with Gasteiger partial charge in [0.1, 0.15) is 0 Å². The van der Waals surface area contributed by atoms with Gasteiger partial charge in [-0.15, -0.1) is 0 Å². The first-order valence-electron chi connectivity index (χ1n) is 4.24. The van der Waals surface area contributed by atoms with Gasteiger partial charge >= 0.3 is 5.97 Å². The third-order valence-corrected chi connectivity index (χ3v) is 3.64. The molecule has 0 amide bonds. The van der Waals surface area contributed by atoms with E-state index in [2.05, 4.69) is 4.98 Å². The van der Waals surface area contributed by atoms with Gasteiger partial charge < -0.3 is 10.1 Å². The second-order valence-corrected chi connectivity index (χ2v) is 4.73. The first-order valence-corrected chi connectivity index (χ1v) is 5.70. The van der Waals surface area contributed by atoms with Crippen LogP contribution < -0.4 is 5.56 Å². The van der Waals surface area contributed by atoms with E-state index in [9.17, 15) is 9.59 Å². The van der Waals surface area contributed by atoms with Crippen molar-refractivity contribution in [2.45, 2.75) is 0 Å². The smallest absolute Gasteiger partial charge is 0.336 e. The van der Waals surface area contributed by atoms with Crippen LogP contribution in [0, 0.1) is 3.57 Å². The fraction of sp³-hybridized carbons (Fsp3) is 0. The molecule has 0 unspecified atom stereocenters. The summed E-state index contributed by atoms with van der Waals surface area (Å²) in [6.07, 6.45) is 0. The van der Waals surface area contributed by atoms with Crippen molar-refractivity contribution >= 4 is 51.1 Å². The average Bonchev–Trinajstić information content (AvgIpc) is 2.19. The monoisotopic (exact) mass is 349 g/mol. The van der Waals surface area contributed by atoms with Crippen LogP contribution in [0.4, 0.5) is 0 Å². The van der Waals surface area contributed by atoms with Gasteiger partial charge in [0.2, 0.25) is 5.56 Å². The van der Waals surface area contributed by atoms with Crippen LogP contribution in [0.15, 0.2) is 23.0 Å². The van der Waals surface area contributed by atoms with Crippen molar-refractivity contribution in [2.75, 3.05) is 0 Å². The molecule has 1 aromatic carbocycles. The number of aromatic amines is 1. The number of rotatable bonds is 1. The number of hydrogen-bond donors (Lipinski definition) is 2. The van der Waals surface area contributed by atoms with Gasteiger partial charge in [-0.25, -0.2) is 4.79 Å². The van der Waals surface area contributed by atoms with Crippen molar-refractivity contribution in [1.29, 1.82) is 0 Å². The third-order valence-electron chi connectivity index (χ3n) is 2.11. The molecule has 82 valence electrons. The van der Waals surface area contributed by atoms with Crippen LogP contribution in [-0.4, -0.2) is 16.1 Å². The molecule has 16 heavy (non-hydrogen) atoms. The maximum absolute atomic E-state index is 11.2. The van der Waals surface area contributed by atoms with Crippen molar-refractivity contribution in [3.05, 3.63) is 42.7 Å². The number of nitrogens with one attached hydrogen (secondary N) is 1. The fourth-order valence-corrected chi connectivity index (χ4v) is 2.06. The van der Waals surface area contributed by atoms with Gasteiger partial charge in [0.15, 0.2) is 0 Å². The molecule has 2 rings (SSSR count). The highest BCUT2D eigenvalue weighted by atomic mass is 127. The number of fused-ring (bicyclic) bond motifs is 1. The van der Waals surface area contributed by atoms with E-state index in [1.54, 1.807) is 12.1 Å². The maximum Gasteiger partial charge on any atom is 0.336 e. The van der Waals surface area contributed by atoms with Crippen molar-refractivity contribution in [2.24, 2.45) is 0 Å². The Kier molecular flexibility index (Phi) is 2.90. The Morgan fingerprint density at radius 3 is 2.69 bits per heavy atom. The van der Waals surface area contributed by atoms with E-state index in [0.717, 1.165) is 9.64 Å². The third kappa shape index (κ3) is 1.92. The zero-order valence-electron chi connectivity index (χ0n) is 7.75. The van der Waals surface area contributed by atoms with Crippen molar-refractivity contribution in [3.63, 3.8) is 0 Å². The summed E-state index contributed by atoms with van der Waals surface area (Å²) in [5.74, 6) is -1.13. The van der Waals surface area contributed by atoms with Crippen LogP contribution in [0.5, 0.6) is 0 Å². The Morgan fingerprint density at radius 2 is 2.06 bits per heavy atom. The molecule has 0 saturated carbocycles. The molecule has 1 aromatic heterocycles. The van der Waals surface area contributed by atoms with Gasteiger partial charge in [-0.3, -0.25) is 4.79 Å². The van der Waals surface area contributed by atoms with Gasteiger partial charge in [0, 0.05) is 15.0 Å². The topological polar surface area (TPSA) is 70.2 Å². The van der Waals surface area contributed by atoms with Crippen LogP contribution >= 0.6 is 34.2 Å². The van der Waals surface area contributed by atoms with Crippen LogP contribution in [0.3, 0.4) is 0 Å². The van der Waals surface area contributed by atoms with Crippen LogP contribution in [0.1, 0.15) is 10.4 Å². The summed E-state index contributed by atoms with van der Waals surface area (Å²) in [5.41, 5.74) is -0.0502. The van der Waals surface area contributed by atoms with E-state index in [0.29, 0.717) is 15.9 Å². The number of carbonyl (C=O) groups is 1. The lowest BCUT2D eigenvalue weighted by molar-refractivity contribution is 0.0699. The molecule has 2 aromatic rings.